The largest absolute Gasteiger partial charge is 0.444 e. The highest BCUT2D eigenvalue weighted by Crippen LogP contribution is 2.27. The second-order valence-electron chi connectivity index (χ2n) is 7.01. The molecule has 2 fully saturated rings. The van der Waals surface area contributed by atoms with E-state index in [2.05, 4.69) is 12.2 Å². The second kappa shape index (κ2) is 6.56. The molecule has 2 heterocycles. The molecule has 3 unspecified atom stereocenters. The summed E-state index contributed by atoms with van der Waals surface area (Å²) in [6.07, 6.45) is 3.30. The molecule has 1 amide bonds. The van der Waals surface area contributed by atoms with E-state index in [-0.39, 0.29) is 6.09 Å². The molecule has 4 nitrogen and oxygen atoms in total. The summed E-state index contributed by atoms with van der Waals surface area (Å²) >= 11 is 2.04. The Labute approximate surface area is 127 Å². The lowest BCUT2D eigenvalue weighted by Gasteiger charge is -2.35. The Morgan fingerprint density at radius 3 is 2.70 bits per heavy atom. The summed E-state index contributed by atoms with van der Waals surface area (Å²) in [5.74, 6) is 1.20. The van der Waals surface area contributed by atoms with Crippen molar-refractivity contribution < 1.29 is 9.53 Å². The van der Waals surface area contributed by atoms with E-state index in [0.717, 1.165) is 31.2 Å². The van der Waals surface area contributed by atoms with Crippen LogP contribution in [0.2, 0.25) is 0 Å². The van der Waals surface area contributed by atoms with Crippen molar-refractivity contribution in [1.82, 2.24) is 10.2 Å². The monoisotopic (exact) mass is 300 g/mol. The number of piperidine rings is 1. The van der Waals surface area contributed by atoms with Crippen molar-refractivity contribution in [3.05, 3.63) is 0 Å². The second-order valence-corrected chi connectivity index (χ2v) is 8.48. The van der Waals surface area contributed by atoms with Crippen molar-refractivity contribution in [3.8, 4) is 0 Å². The minimum atomic E-state index is -0.408. The summed E-state index contributed by atoms with van der Waals surface area (Å²) in [5, 5.41) is 4.49. The first kappa shape index (κ1) is 16.0. The third kappa shape index (κ3) is 4.85. The quantitative estimate of drug-likeness (QED) is 0.851. The molecule has 2 rings (SSSR count). The maximum absolute atomic E-state index is 12.1. The SMILES string of the molecule is CC1CC(NC2CCCN(C(=O)OC(C)(C)C)C2)CS1. The zero-order chi connectivity index (χ0) is 14.8. The minimum absolute atomic E-state index is 0.168. The number of carbonyl (C=O) groups is 1. The molecule has 0 radical (unpaired) electrons. The predicted octanol–water partition coefficient (Wildman–Crippen LogP) is 2.87. The van der Waals surface area contributed by atoms with Gasteiger partial charge >= 0.3 is 6.09 Å². The van der Waals surface area contributed by atoms with Crippen LogP contribution in [0.15, 0.2) is 0 Å². The van der Waals surface area contributed by atoms with Crippen molar-refractivity contribution in [3.63, 3.8) is 0 Å². The predicted molar refractivity (Wildman–Crippen MR) is 84.3 cm³/mol. The molecule has 0 aromatic heterocycles. The van der Waals surface area contributed by atoms with Gasteiger partial charge in [-0.3, -0.25) is 0 Å². The maximum Gasteiger partial charge on any atom is 0.410 e. The third-order valence-corrected chi connectivity index (χ3v) is 5.10. The van der Waals surface area contributed by atoms with Crippen molar-refractivity contribution in [1.29, 1.82) is 0 Å². The van der Waals surface area contributed by atoms with Gasteiger partial charge in [-0.15, -0.1) is 0 Å². The van der Waals surface area contributed by atoms with Crippen LogP contribution in [0.3, 0.4) is 0 Å². The van der Waals surface area contributed by atoms with Gasteiger partial charge in [0.15, 0.2) is 0 Å². The van der Waals surface area contributed by atoms with E-state index in [1.165, 1.54) is 12.2 Å². The first-order valence-electron chi connectivity index (χ1n) is 7.69. The molecule has 2 aliphatic rings. The molecule has 20 heavy (non-hydrogen) atoms. The summed E-state index contributed by atoms with van der Waals surface area (Å²) in [6, 6.07) is 1.03. The van der Waals surface area contributed by atoms with Gasteiger partial charge in [-0.1, -0.05) is 6.92 Å². The summed E-state index contributed by atoms with van der Waals surface area (Å²) in [4.78, 5) is 14.0. The Morgan fingerprint density at radius 1 is 1.35 bits per heavy atom. The van der Waals surface area contributed by atoms with Crippen molar-refractivity contribution in [2.24, 2.45) is 0 Å². The molecule has 0 spiro atoms. The average molecular weight is 300 g/mol. The summed E-state index contributed by atoms with van der Waals surface area (Å²) < 4.78 is 5.47. The van der Waals surface area contributed by atoms with Crippen LogP contribution in [-0.4, -0.2) is 52.8 Å². The lowest BCUT2D eigenvalue weighted by molar-refractivity contribution is 0.0184. The summed E-state index contributed by atoms with van der Waals surface area (Å²) in [7, 11) is 0. The molecule has 0 aliphatic carbocycles. The molecule has 116 valence electrons. The normalized spacial score (nSPS) is 31.4. The number of carbonyl (C=O) groups excluding carboxylic acids is 1. The van der Waals surface area contributed by atoms with Crippen LogP contribution in [0.4, 0.5) is 4.79 Å². The lowest BCUT2D eigenvalue weighted by atomic mass is 10.0. The molecule has 2 saturated heterocycles. The van der Waals surface area contributed by atoms with Crippen LogP contribution in [0.1, 0.15) is 47.0 Å². The van der Waals surface area contributed by atoms with E-state index in [9.17, 15) is 4.79 Å². The van der Waals surface area contributed by atoms with Gasteiger partial charge in [0, 0.05) is 36.2 Å². The Bertz CT molecular complexity index is 343. The van der Waals surface area contributed by atoms with Crippen LogP contribution >= 0.6 is 11.8 Å². The summed E-state index contributed by atoms with van der Waals surface area (Å²) in [5.41, 5.74) is -0.408. The number of rotatable bonds is 2. The fourth-order valence-corrected chi connectivity index (χ4v) is 4.03. The molecule has 0 bridgehead atoms. The maximum atomic E-state index is 12.1. The van der Waals surface area contributed by atoms with E-state index < -0.39 is 5.60 Å². The molecular weight excluding hydrogens is 272 g/mol. The van der Waals surface area contributed by atoms with Crippen LogP contribution in [-0.2, 0) is 4.74 Å². The van der Waals surface area contributed by atoms with Crippen LogP contribution in [0.25, 0.3) is 0 Å². The van der Waals surface area contributed by atoms with E-state index in [1.54, 1.807) is 0 Å². The number of thioether (sulfide) groups is 1. The molecule has 0 aromatic carbocycles. The van der Waals surface area contributed by atoms with E-state index in [1.807, 2.05) is 37.4 Å². The zero-order valence-electron chi connectivity index (χ0n) is 13.1. The molecule has 3 atom stereocenters. The van der Waals surface area contributed by atoms with Gasteiger partial charge in [0.25, 0.3) is 0 Å². The first-order valence-corrected chi connectivity index (χ1v) is 8.74. The van der Waals surface area contributed by atoms with Crippen molar-refractivity contribution in [2.75, 3.05) is 18.8 Å². The average Bonchev–Trinajstić information content (AvgIpc) is 2.73. The van der Waals surface area contributed by atoms with Gasteiger partial charge in [-0.25, -0.2) is 4.79 Å². The van der Waals surface area contributed by atoms with Gasteiger partial charge in [0.05, 0.1) is 0 Å². The number of nitrogens with zero attached hydrogens (tertiary/aromatic N) is 1. The number of ether oxygens (including phenoxy) is 1. The van der Waals surface area contributed by atoms with Gasteiger partial charge in [0.1, 0.15) is 5.60 Å². The topological polar surface area (TPSA) is 41.6 Å². The van der Waals surface area contributed by atoms with E-state index >= 15 is 0 Å². The van der Waals surface area contributed by atoms with Gasteiger partial charge in [0.2, 0.25) is 0 Å². The standard InChI is InChI=1S/C15H28N2O2S/c1-11-8-13(10-20-11)16-12-6-5-7-17(9-12)14(18)19-15(2,3)4/h11-13,16H,5-10H2,1-4H3. The van der Waals surface area contributed by atoms with Crippen LogP contribution < -0.4 is 5.32 Å². The smallest absolute Gasteiger partial charge is 0.410 e. The number of amides is 1. The zero-order valence-corrected chi connectivity index (χ0v) is 14.0. The van der Waals surface area contributed by atoms with Gasteiger partial charge < -0.3 is 15.0 Å². The highest BCUT2D eigenvalue weighted by Gasteiger charge is 2.30. The lowest BCUT2D eigenvalue weighted by Crippen LogP contribution is -2.51. The Kier molecular flexibility index (Phi) is 5.24. The fourth-order valence-electron chi connectivity index (χ4n) is 2.87. The van der Waals surface area contributed by atoms with Crippen molar-refractivity contribution in [2.45, 2.75) is 69.9 Å². The minimum Gasteiger partial charge on any atom is -0.444 e. The highest BCUT2D eigenvalue weighted by molar-refractivity contribution is 8.00. The Morgan fingerprint density at radius 2 is 2.10 bits per heavy atom. The number of nitrogens with one attached hydrogen (secondary N) is 1. The van der Waals surface area contributed by atoms with E-state index in [4.69, 9.17) is 4.74 Å². The Balaban J connectivity index is 1.80. The molecular formula is C15H28N2O2S. The number of hydrogen-bond acceptors (Lipinski definition) is 4. The molecule has 0 saturated carbocycles. The first-order chi connectivity index (χ1) is 9.33. The molecule has 5 heteroatoms. The highest BCUT2D eigenvalue weighted by atomic mass is 32.2. The number of hydrogen-bond donors (Lipinski definition) is 1. The molecule has 2 aliphatic heterocycles. The van der Waals surface area contributed by atoms with Gasteiger partial charge in [-0.05, 0) is 40.0 Å². The Hall–Kier alpha value is -0.420. The number of likely N-dealkylation sites (tertiary alicyclic amines) is 1. The van der Waals surface area contributed by atoms with Gasteiger partial charge in [-0.2, -0.15) is 11.8 Å². The molecule has 1 N–H and O–H groups in total. The fraction of sp³-hybridized carbons (Fsp3) is 0.933. The summed E-state index contributed by atoms with van der Waals surface area (Å²) in [6.45, 7) is 9.65. The molecule has 0 aromatic rings. The van der Waals surface area contributed by atoms with E-state index in [0.29, 0.717) is 12.1 Å². The van der Waals surface area contributed by atoms with Crippen LogP contribution in [0.5, 0.6) is 0 Å². The van der Waals surface area contributed by atoms with Crippen LogP contribution in [0, 0.1) is 0 Å². The third-order valence-electron chi connectivity index (χ3n) is 3.74. The van der Waals surface area contributed by atoms with Crippen molar-refractivity contribution >= 4 is 17.9 Å².